The standard InChI is InChI=1S/C14H14BrFN2/c1-18(14-4-2-3-12(16)8-14)9-10-5-11(15)7-13(17)6-10/h2-8H,9,17H2,1H3. The molecule has 2 aromatic rings. The molecule has 0 aliphatic carbocycles. The molecule has 2 rings (SSSR count). The molecule has 0 amide bonds. The Hall–Kier alpha value is -1.55. The van der Waals surface area contributed by atoms with E-state index in [1.165, 1.54) is 12.1 Å². The molecule has 0 radical (unpaired) electrons. The summed E-state index contributed by atoms with van der Waals surface area (Å²) in [7, 11) is 1.92. The van der Waals surface area contributed by atoms with Gasteiger partial charge in [-0.3, -0.25) is 0 Å². The van der Waals surface area contributed by atoms with Gasteiger partial charge in [-0.2, -0.15) is 0 Å². The Morgan fingerprint density at radius 1 is 1.22 bits per heavy atom. The SMILES string of the molecule is CN(Cc1cc(N)cc(Br)c1)c1cccc(F)c1. The number of nitrogen functional groups attached to an aromatic ring is 1. The molecule has 0 bridgehead atoms. The lowest BCUT2D eigenvalue weighted by Crippen LogP contribution is -2.16. The summed E-state index contributed by atoms with van der Waals surface area (Å²) in [6, 6.07) is 12.3. The van der Waals surface area contributed by atoms with Crippen LogP contribution in [0, 0.1) is 5.82 Å². The molecule has 94 valence electrons. The van der Waals surface area contributed by atoms with Crippen LogP contribution in [0.3, 0.4) is 0 Å². The van der Waals surface area contributed by atoms with E-state index < -0.39 is 0 Å². The van der Waals surface area contributed by atoms with Crippen molar-refractivity contribution >= 4 is 27.3 Å². The van der Waals surface area contributed by atoms with Crippen LogP contribution < -0.4 is 10.6 Å². The fraction of sp³-hybridized carbons (Fsp3) is 0.143. The van der Waals surface area contributed by atoms with Gasteiger partial charge < -0.3 is 10.6 Å². The van der Waals surface area contributed by atoms with E-state index in [1.54, 1.807) is 6.07 Å². The molecule has 0 unspecified atom stereocenters. The molecule has 0 aromatic heterocycles. The number of benzene rings is 2. The van der Waals surface area contributed by atoms with Gasteiger partial charge in [0.2, 0.25) is 0 Å². The van der Waals surface area contributed by atoms with Crippen molar-refractivity contribution < 1.29 is 4.39 Å². The highest BCUT2D eigenvalue weighted by atomic mass is 79.9. The van der Waals surface area contributed by atoms with Gasteiger partial charge >= 0.3 is 0 Å². The highest BCUT2D eigenvalue weighted by molar-refractivity contribution is 9.10. The van der Waals surface area contributed by atoms with Gasteiger partial charge in [-0.25, -0.2) is 4.39 Å². The monoisotopic (exact) mass is 308 g/mol. The van der Waals surface area contributed by atoms with Crippen molar-refractivity contribution in [2.45, 2.75) is 6.54 Å². The minimum absolute atomic E-state index is 0.229. The van der Waals surface area contributed by atoms with Crippen molar-refractivity contribution in [1.29, 1.82) is 0 Å². The number of nitrogens with zero attached hydrogens (tertiary/aromatic N) is 1. The zero-order valence-electron chi connectivity index (χ0n) is 10.0. The van der Waals surface area contributed by atoms with Crippen molar-refractivity contribution in [3.05, 3.63) is 58.3 Å². The maximum Gasteiger partial charge on any atom is 0.125 e. The number of nitrogens with two attached hydrogens (primary N) is 1. The Morgan fingerprint density at radius 3 is 2.67 bits per heavy atom. The number of rotatable bonds is 3. The fourth-order valence-corrected chi connectivity index (χ4v) is 2.40. The molecule has 0 fully saturated rings. The highest BCUT2D eigenvalue weighted by Crippen LogP contribution is 2.21. The highest BCUT2D eigenvalue weighted by Gasteiger charge is 2.04. The van der Waals surface area contributed by atoms with E-state index in [4.69, 9.17) is 5.73 Å². The maximum atomic E-state index is 13.1. The van der Waals surface area contributed by atoms with Crippen molar-refractivity contribution in [3.8, 4) is 0 Å². The second-order valence-corrected chi connectivity index (χ2v) is 5.14. The molecule has 0 saturated heterocycles. The molecular weight excluding hydrogens is 295 g/mol. The Balaban J connectivity index is 2.18. The molecule has 0 saturated carbocycles. The Morgan fingerprint density at radius 2 is 2.00 bits per heavy atom. The van der Waals surface area contributed by atoms with Crippen LogP contribution in [0.4, 0.5) is 15.8 Å². The zero-order chi connectivity index (χ0) is 13.1. The molecule has 18 heavy (non-hydrogen) atoms. The first kappa shape index (κ1) is 12.9. The average molecular weight is 309 g/mol. The third kappa shape index (κ3) is 3.23. The van der Waals surface area contributed by atoms with Gasteiger partial charge in [0.05, 0.1) is 0 Å². The van der Waals surface area contributed by atoms with Crippen molar-refractivity contribution in [2.24, 2.45) is 0 Å². The topological polar surface area (TPSA) is 29.3 Å². The summed E-state index contributed by atoms with van der Waals surface area (Å²) in [4.78, 5) is 1.98. The van der Waals surface area contributed by atoms with Crippen LogP contribution in [0.25, 0.3) is 0 Å². The molecular formula is C14H14BrFN2. The van der Waals surface area contributed by atoms with Gasteiger partial charge in [0.25, 0.3) is 0 Å². The predicted molar refractivity (Wildman–Crippen MR) is 77.1 cm³/mol. The maximum absolute atomic E-state index is 13.1. The summed E-state index contributed by atoms with van der Waals surface area (Å²) in [5.74, 6) is -0.229. The summed E-state index contributed by atoms with van der Waals surface area (Å²) in [6.45, 7) is 0.674. The molecule has 0 aliphatic heterocycles. The first-order valence-corrected chi connectivity index (χ1v) is 6.35. The first-order chi connectivity index (χ1) is 8.54. The normalized spacial score (nSPS) is 10.4. The second kappa shape index (κ2) is 5.40. The molecule has 0 atom stereocenters. The number of hydrogen-bond donors (Lipinski definition) is 1. The lowest BCUT2D eigenvalue weighted by atomic mass is 10.2. The zero-order valence-corrected chi connectivity index (χ0v) is 11.6. The largest absolute Gasteiger partial charge is 0.399 e. The quantitative estimate of drug-likeness (QED) is 0.874. The van der Waals surface area contributed by atoms with E-state index in [0.29, 0.717) is 12.2 Å². The van der Waals surface area contributed by atoms with E-state index in [9.17, 15) is 4.39 Å². The van der Waals surface area contributed by atoms with Crippen molar-refractivity contribution in [1.82, 2.24) is 0 Å². The first-order valence-electron chi connectivity index (χ1n) is 5.56. The second-order valence-electron chi connectivity index (χ2n) is 4.23. The smallest absolute Gasteiger partial charge is 0.125 e. The van der Waals surface area contributed by atoms with Crippen LogP contribution >= 0.6 is 15.9 Å². The van der Waals surface area contributed by atoms with E-state index in [0.717, 1.165) is 15.7 Å². The Kier molecular flexibility index (Phi) is 3.87. The number of halogens is 2. The minimum atomic E-state index is -0.229. The van der Waals surface area contributed by atoms with E-state index in [1.807, 2.05) is 36.2 Å². The van der Waals surface area contributed by atoms with Crippen LogP contribution in [0.5, 0.6) is 0 Å². The van der Waals surface area contributed by atoms with Crippen LogP contribution in [-0.4, -0.2) is 7.05 Å². The minimum Gasteiger partial charge on any atom is -0.399 e. The van der Waals surface area contributed by atoms with Crippen LogP contribution in [0.1, 0.15) is 5.56 Å². The Bertz CT molecular complexity index is 537. The average Bonchev–Trinajstić information content (AvgIpc) is 2.27. The predicted octanol–water partition coefficient (Wildman–Crippen LogP) is 3.81. The van der Waals surface area contributed by atoms with Gasteiger partial charge in [-0.05, 0) is 42.0 Å². The van der Waals surface area contributed by atoms with Crippen LogP contribution in [-0.2, 0) is 6.54 Å². The molecule has 4 heteroatoms. The van der Waals surface area contributed by atoms with Gasteiger partial charge in [-0.15, -0.1) is 0 Å². The third-order valence-corrected chi connectivity index (χ3v) is 3.11. The summed E-state index contributed by atoms with van der Waals surface area (Å²) >= 11 is 3.41. The molecule has 2 N–H and O–H groups in total. The summed E-state index contributed by atoms with van der Waals surface area (Å²) in [5, 5.41) is 0. The summed E-state index contributed by atoms with van der Waals surface area (Å²) < 4.78 is 14.1. The van der Waals surface area contributed by atoms with E-state index in [-0.39, 0.29) is 5.82 Å². The molecule has 2 aromatic carbocycles. The summed E-state index contributed by atoms with van der Waals surface area (Å²) in [5.41, 5.74) is 8.42. The van der Waals surface area contributed by atoms with Gasteiger partial charge in [0.15, 0.2) is 0 Å². The summed E-state index contributed by atoms with van der Waals surface area (Å²) in [6.07, 6.45) is 0. The van der Waals surface area contributed by atoms with E-state index in [2.05, 4.69) is 15.9 Å². The van der Waals surface area contributed by atoms with Crippen LogP contribution in [0.15, 0.2) is 46.9 Å². The number of hydrogen-bond acceptors (Lipinski definition) is 2. The molecule has 2 nitrogen and oxygen atoms in total. The van der Waals surface area contributed by atoms with Crippen LogP contribution in [0.2, 0.25) is 0 Å². The van der Waals surface area contributed by atoms with Crippen molar-refractivity contribution in [3.63, 3.8) is 0 Å². The van der Waals surface area contributed by atoms with Gasteiger partial charge in [-0.1, -0.05) is 22.0 Å². The van der Waals surface area contributed by atoms with Gasteiger partial charge in [0, 0.05) is 29.4 Å². The van der Waals surface area contributed by atoms with Crippen molar-refractivity contribution in [2.75, 3.05) is 17.7 Å². The third-order valence-electron chi connectivity index (χ3n) is 2.65. The number of anilines is 2. The molecule has 0 heterocycles. The van der Waals surface area contributed by atoms with Gasteiger partial charge in [0.1, 0.15) is 5.82 Å². The molecule has 0 spiro atoms. The van der Waals surface area contributed by atoms with E-state index >= 15 is 0 Å². The fourth-order valence-electron chi connectivity index (χ4n) is 1.85. The lowest BCUT2D eigenvalue weighted by molar-refractivity contribution is 0.627. The molecule has 0 aliphatic rings. The lowest BCUT2D eigenvalue weighted by Gasteiger charge is -2.19. The Labute approximate surface area is 114 Å².